The van der Waals surface area contributed by atoms with Gasteiger partial charge in [0.25, 0.3) is 0 Å². The van der Waals surface area contributed by atoms with E-state index in [-0.39, 0.29) is 0 Å². The molecule has 3 heteroatoms. The number of rotatable bonds is 1. The average Bonchev–Trinajstić information content (AvgIpc) is 2.37. The Morgan fingerprint density at radius 2 is 1.22 bits per heavy atom. The van der Waals surface area contributed by atoms with Crippen molar-refractivity contribution in [3.63, 3.8) is 0 Å². The summed E-state index contributed by atoms with van der Waals surface area (Å²) in [5.41, 5.74) is 6.75. The number of aryl methyl sites for hydroxylation is 2. The molecule has 0 atom stereocenters. The summed E-state index contributed by atoms with van der Waals surface area (Å²) in [5, 5.41) is 0. The van der Waals surface area contributed by atoms with Crippen molar-refractivity contribution in [2.45, 2.75) is 20.8 Å². The van der Waals surface area contributed by atoms with Crippen LogP contribution in [0.25, 0.3) is 11.1 Å². The Morgan fingerprint density at radius 1 is 0.778 bits per heavy atom. The Kier molecular flexibility index (Phi) is 7.92. The van der Waals surface area contributed by atoms with Crippen molar-refractivity contribution in [3.05, 3.63) is 59.2 Å². The normalized spacial score (nSPS) is 9.39. The molecule has 0 aliphatic heterocycles. The van der Waals surface area contributed by atoms with Crippen molar-refractivity contribution < 1.29 is 9.47 Å². The van der Waals surface area contributed by atoms with Gasteiger partial charge in [-0.25, -0.2) is 0 Å². The third kappa shape index (κ3) is 4.87. The third-order valence-corrected chi connectivity index (χ3v) is 3.03. The van der Waals surface area contributed by atoms with E-state index in [9.17, 15) is 0 Å². The third-order valence-electron chi connectivity index (χ3n) is 3.03. The first kappa shape index (κ1) is 16.5. The molecule has 0 saturated heterocycles. The summed E-state index contributed by atoms with van der Waals surface area (Å²) in [6.45, 7) is 6.53. The van der Waals surface area contributed by atoms with Gasteiger partial charge in [0.15, 0.2) is 0 Å². The van der Waals surface area contributed by atoms with E-state index in [4.69, 9.17) is 0 Å². The fourth-order valence-electron chi connectivity index (χ4n) is 1.83. The molecule has 0 N–H and O–H groups in total. The maximum atomic E-state index is 2.37. The molecule has 2 rings (SSSR count). The quantitative estimate of drug-likeness (QED) is 0.418. The zero-order chi connectivity index (χ0) is 13.5. The van der Waals surface area contributed by atoms with Gasteiger partial charge in [0, 0.05) is 0 Å². The molecule has 0 spiro atoms. The fraction of sp³-hybridized carbons (Fsp3) is 0.200. The van der Waals surface area contributed by atoms with Gasteiger partial charge in [-0.1, -0.05) is 42.5 Å². The van der Waals surface area contributed by atoms with E-state index in [0.29, 0.717) is 9.47 Å². The Morgan fingerprint density at radius 3 is 1.67 bits per heavy atom. The molecule has 0 aliphatic rings. The van der Waals surface area contributed by atoms with E-state index in [1.165, 1.54) is 27.8 Å². The first-order valence-electron chi connectivity index (χ1n) is 5.65. The SMILES string of the molecule is Cc1cc(-c2ccccc2)cc(C)c1C.[I][V][I]. The van der Waals surface area contributed by atoms with Crippen LogP contribution in [0.2, 0.25) is 0 Å². The van der Waals surface area contributed by atoms with E-state index in [2.05, 4.69) is 103 Å². The monoisotopic (exact) mass is 501 g/mol. The van der Waals surface area contributed by atoms with Crippen LogP contribution in [0.1, 0.15) is 16.7 Å². The summed E-state index contributed by atoms with van der Waals surface area (Å²) < 4.78 is 0. The Bertz CT molecular complexity index is 472. The number of halogens is 2. The predicted octanol–water partition coefficient (Wildman–Crippen LogP) is 6.05. The molecule has 0 saturated carbocycles. The van der Waals surface area contributed by atoms with E-state index >= 15 is 0 Å². The van der Waals surface area contributed by atoms with Gasteiger partial charge < -0.3 is 0 Å². The topological polar surface area (TPSA) is 0 Å². The predicted molar refractivity (Wildman–Crippen MR) is 94.1 cm³/mol. The molecular weight excluding hydrogens is 485 g/mol. The molecule has 0 heterocycles. The first-order chi connectivity index (χ1) is 8.60. The fourth-order valence-corrected chi connectivity index (χ4v) is 1.83. The van der Waals surface area contributed by atoms with Gasteiger partial charge in [0.2, 0.25) is 0 Å². The second-order valence-corrected chi connectivity index (χ2v) is 16.0. The molecule has 0 unspecified atom stereocenters. The zero-order valence-electron chi connectivity index (χ0n) is 10.7. The molecule has 0 bridgehead atoms. The van der Waals surface area contributed by atoms with Crippen LogP contribution in [0, 0.1) is 20.8 Å². The molecule has 2 aromatic rings. The van der Waals surface area contributed by atoms with Crippen LogP contribution in [0.15, 0.2) is 42.5 Å². The van der Waals surface area contributed by atoms with Crippen LogP contribution in [0.3, 0.4) is 0 Å². The van der Waals surface area contributed by atoms with E-state index in [1.807, 2.05) is 0 Å². The molecule has 0 aliphatic carbocycles. The minimum atomic E-state index is 0.628. The number of hydrogen-bond donors (Lipinski definition) is 0. The summed E-state index contributed by atoms with van der Waals surface area (Å²) in [5.74, 6) is 0. The molecule has 0 amide bonds. The van der Waals surface area contributed by atoms with Gasteiger partial charge >= 0.3 is 49.4 Å². The van der Waals surface area contributed by atoms with E-state index in [1.54, 1.807) is 0 Å². The van der Waals surface area contributed by atoms with Gasteiger partial charge in [0.1, 0.15) is 0 Å². The maximum absolute atomic E-state index is 2.37. The molecule has 0 radical (unpaired) electrons. The standard InChI is InChI=1S/C15H16.2HI.V/c1-11-9-15(10-12(2)13(11)3)14-7-5-4-6-8-14;;;/h4-10H,1-3H3;2*1H;/q;;;+2/p-2. The average molecular weight is 501 g/mol. The molecule has 0 nitrogen and oxygen atoms in total. The van der Waals surface area contributed by atoms with Crippen molar-refractivity contribution in [3.8, 4) is 11.1 Å². The molecule has 0 fully saturated rings. The summed E-state index contributed by atoms with van der Waals surface area (Å²) in [7, 11) is 0.628. The van der Waals surface area contributed by atoms with Crippen LogP contribution in [0.4, 0.5) is 0 Å². The number of benzene rings is 2. The molecule has 0 aromatic heterocycles. The van der Waals surface area contributed by atoms with Gasteiger partial charge in [-0.05, 0) is 48.6 Å². The summed E-state index contributed by atoms with van der Waals surface area (Å²) >= 11 is 4.74. The Labute approximate surface area is 139 Å². The summed E-state index contributed by atoms with van der Waals surface area (Å²) in [6.07, 6.45) is 0. The molecular formula is C15H16I2V. The number of hydrogen-bond acceptors (Lipinski definition) is 0. The first-order valence-corrected chi connectivity index (χ1v) is 14.7. The summed E-state index contributed by atoms with van der Waals surface area (Å²) in [6, 6.07) is 15.1. The van der Waals surface area contributed by atoms with Gasteiger partial charge in [0.05, 0.1) is 0 Å². The van der Waals surface area contributed by atoms with Crippen LogP contribution in [-0.4, -0.2) is 0 Å². The van der Waals surface area contributed by atoms with Gasteiger partial charge in [-0.15, -0.1) is 0 Å². The molecule has 2 aromatic carbocycles. The van der Waals surface area contributed by atoms with Gasteiger partial charge in [-0.2, -0.15) is 0 Å². The molecule has 95 valence electrons. The van der Waals surface area contributed by atoms with E-state index in [0.717, 1.165) is 0 Å². The minimum absolute atomic E-state index is 0.628. The summed E-state index contributed by atoms with van der Waals surface area (Å²) in [4.78, 5) is 0. The van der Waals surface area contributed by atoms with Crippen LogP contribution in [-0.2, 0) is 9.47 Å². The van der Waals surface area contributed by atoms with Crippen molar-refractivity contribution in [1.82, 2.24) is 0 Å². The second-order valence-electron chi connectivity index (χ2n) is 4.16. The zero-order valence-corrected chi connectivity index (χ0v) is 16.5. The van der Waals surface area contributed by atoms with Crippen molar-refractivity contribution >= 4 is 40.0 Å². The van der Waals surface area contributed by atoms with Crippen molar-refractivity contribution in [2.75, 3.05) is 0 Å². The van der Waals surface area contributed by atoms with Gasteiger partial charge in [-0.3, -0.25) is 0 Å². The van der Waals surface area contributed by atoms with Crippen LogP contribution >= 0.6 is 40.0 Å². The Hall–Kier alpha value is 0.484. The Balaban J connectivity index is 0.000000492. The second kappa shape index (κ2) is 8.61. The van der Waals surface area contributed by atoms with Crippen LogP contribution < -0.4 is 0 Å². The van der Waals surface area contributed by atoms with E-state index < -0.39 is 0 Å². The van der Waals surface area contributed by atoms with Crippen LogP contribution in [0.5, 0.6) is 0 Å². The van der Waals surface area contributed by atoms with Crippen molar-refractivity contribution in [1.29, 1.82) is 0 Å². The van der Waals surface area contributed by atoms with Crippen molar-refractivity contribution in [2.24, 2.45) is 0 Å². The molecule has 18 heavy (non-hydrogen) atoms.